The van der Waals surface area contributed by atoms with Crippen LogP contribution >= 0.6 is 0 Å². The third-order valence-corrected chi connectivity index (χ3v) is 2.87. The topological polar surface area (TPSA) is 53.6 Å². The van der Waals surface area contributed by atoms with E-state index in [1.165, 1.54) is 12.8 Å². The lowest BCUT2D eigenvalue weighted by Gasteiger charge is -2.07. The van der Waals surface area contributed by atoms with Crippen LogP contribution in [-0.4, -0.2) is 15.6 Å². The number of aryl methyl sites for hydroxylation is 1. The first-order valence-electron chi connectivity index (χ1n) is 6.00. The maximum Gasteiger partial charge on any atom is 0.122 e. The summed E-state index contributed by atoms with van der Waals surface area (Å²) in [6.07, 6.45) is 9.19. The first-order chi connectivity index (χ1) is 7.90. The van der Waals surface area contributed by atoms with E-state index in [0.29, 0.717) is 6.42 Å². The lowest BCUT2D eigenvalue weighted by Crippen LogP contribution is -2.18. The van der Waals surface area contributed by atoms with Gasteiger partial charge in [-0.3, -0.25) is 0 Å². The molecule has 0 radical (unpaired) electrons. The molecule has 0 spiro atoms. The van der Waals surface area contributed by atoms with Crippen molar-refractivity contribution in [3.05, 3.63) is 18.2 Å². The SMILES string of the molecule is N#CCCCCn1ccnc1CNC1CC1. The van der Waals surface area contributed by atoms with Gasteiger partial charge in [-0.05, 0) is 25.7 Å². The van der Waals surface area contributed by atoms with Gasteiger partial charge in [0.05, 0.1) is 12.6 Å². The quantitative estimate of drug-likeness (QED) is 0.710. The Morgan fingerprint density at radius 1 is 1.50 bits per heavy atom. The third kappa shape index (κ3) is 3.35. The smallest absolute Gasteiger partial charge is 0.122 e. The largest absolute Gasteiger partial charge is 0.334 e. The second-order valence-corrected chi connectivity index (χ2v) is 4.31. The molecule has 0 unspecified atom stereocenters. The van der Waals surface area contributed by atoms with Crippen molar-refractivity contribution in [3.8, 4) is 6.07 Å². The molecule has 0 aromatic carbocycles. The summed E-state index contributed by atoms with van der Waals surface area (Å²) in [6, 6.07) is 2.90. The van der Waals surface area contributed by atoms with Crippen molar-refractivity contribution in [1.82, 2.24) is 14.9 Å². The summed E-state index contributed by atoms with van der Waals surface area (Å²) in [5.41, 5.74) is 0. The van der Waals surface area contributed by atoms with Crippen molar-refractivity contribution >= 4 is 0 Å². The van der Waals surface area contributed by atoms with Crippen LogP contribution in [0.1, 0.15) is 37.9 Å². The van der Waals surface area contributed by atoms with Crippen LogP contribution in [0.4, 0.5) is 0 Å². The third-order valence-electron chi connectivity index (χ3n) is 2.87. The van der Waals surface area contributed by atoms with Crippen LogP contribution in [-0.2, 0) is 13.1 Å². The maximum absolute atomic E-state index is 8.45. The summed E-state index contributed by atoms with van der Waals surface area (Å²) >= 11 is 0. The molecule has 0 amide bonds. The van der Waals surface area contributed by atoms with E-state index < -0.39 is 0 Å². The Labute approximate surface area is 96.3 Å². The average Bonchev–Trinajstić information content (AvgIpc) is 3.02. The lowest BCUT2D eigenvalue weighted by molar-refractivity contribution is 0.562. The molecular weight excluding hydrogens is 200 g/mol. The van der Waals surface area contributed by atoms with Gasteiger partial charge in [0.1, 0.15) is 5.82 Å². The number of nitrogens with zero attached hydrogens (tertiary/aromatic N) is 3. The molecule has 0 bridgehead atoms. The first-order valence-corrected chi connectivity index (χ1v) is 6.00. The lowest BCUT2D eigenvalue weighted by atomic mass is 10.2. The summed E-state index contributed by atoms with van der Waals surface area (Å²) in [5.74, 6) is 1.11. The Bertz CT molecular complexity index is 359. The Morgan fingerprint density at radius 3 is 3.12 bits per heavy atom. The number of imidazole rings is 1. The summed E-state index contributed by atoms with van der Waals surface area (Å²) in [4.78, 5) is 4.35. The molecule has 1 saturated carbocycles. The highest BCUT2D eigenvalue weighted by atomic mass is 15.1. The van der Waals surface area contributed by atoms with E-state index in [4.69, 9.17) is 5.26 Å². The number of rotatable bonds is 7. The molecule has 1 aliphatic rings. The highest BCUT2D eigenvalue weighted by Gasteiger charge is 2.20. The second-order valence-electron chi connectivity index (χ2n) is 4.31. The molecule has 1 aromatic rings. The van der Waals surface area contributed by atoms with Crippen molar-refractivity contribution < 1.29 is 0 Å². The van der Waals surface area contributed by atoms with E-state index in [1.807, 2.05) is 12.4 Å². The molecule has 0 aliphatic heterocycles. The summed E-state index contributed by atoms with van der Waals surface area (Å²) in [7, 11) is 0. The van der Waals surface area contributed by atoms with Crippen LogP contribution in [0.3, 0.4) is 0 Å². The minimum atomic E-state index is 0.657. The molecule has 4 heteroatoms. The maximum atomic E-state index is 8.45. The van der Waals surface area contributed by atoms with Gasteiger partial charge in [-0.15, -0.1) is 0 Å². The first kappa shape index (κ1) is 11.2. The molecule has 4 nitrogen and oxygen atoms in total. The zero-order valence-corrected chi connectivity index (χ0v) is 9.52. The summed E-state index contributed by atoms with van der Waals surface area (Å²) < 4.78 is 2.19. The number of hydrogen-bond acceptors (Lipinski definition) is 3. The van der Waals surface area contributed by atoms with Crippen molar-refractivity contribution in [2.45, 2.75) is 51.2 Å². The molecule has 1 aromatic heterocycles. The fourth-order valence-corrected chi connectivity index (χ4v) is 1.72. The van der Waals surface area contributed by atoms with Crippen LogP contribution in [0.2, 0.25) is 0 Å². The van der Waals surface area contributed by atoms with Crippen molar-refractivity contribution in [2.24, 2.45) is 0 Å². The minimum Gasteiger partial charge on any atom is -0.334 e. The predicted molar refractivity (Wildman–Crippen MR) is 61.6 cm³/mol. The molecular formula is C12H18N4. The molecule has 2 rings (SSSR count). The molecule has 1 N–H and O–H groups in total. The van der Waals surface area contributed by atoms with E-state index in [1.54, 1.807) is 0 Å². The molecule has 1 aliphatic carbocycles. The number of nitriles is 1. The van der Waals surface area contributed by atoms with Gasteiger partial charge in [0.2, 0.25) is 0 Å². The van der Waals surface area contributed by atoms with Crippen molar-refractivity contribution in [2.75, 3.05) is 0 Å². The van der Waals surface area contributed by atoms with Crippen LogP contribution in [0.25, 0.3) is 0 Å². The second kappa shape index (κ2) is 5.66. The van der Waals surface area contributed by atoms with Gasteiger partial charge in [0.25, 0.3) is 0 Å². The van der Waals surface area contributed by atoms with Gasteiger partial charge >= 0.3 is 0 Å². The molecule has 16 heavy (non-hydrogen) atoms. The molecule has 0 saturated heterocycles. The summed E-state index contributed by atoms with van der Waals surface area (Å²) in [5, 5.41) is 11.9. The number of unbranched alkanes of at least 4 members (excludes halogenated alkanes) is 2. The minimum absolute atomic E-state index is 0.657. The average molecular weight is 218 g/mol. The Hall–Kier alpha value is -1.34. The van der Waals surface area contributed by atoms with Crippen LogP contribution in [0.15, 0.2) is 12.4 Å². The van der Waals surface area contributed by atoms with Crippen LogP contribution < -0.4 is 5.32 Å². The van der Waals surface area contributed by atoms with E-state index in [2.05, 4.69) is 20.9 Å². The van der Waals surface area contributed by atoms with Gasteiger partial charge in [0.15, 0.2) is 0 Å². The highest BCUT2D eigenvalue weighted by Crippen LogP contribution is 2.19. The Kier molecular flexibility index (Phi) is 3.95. The van der Waals surface area contributed by atoms with Crippen LogP contribution in [0, 0.1) is 11.3 Å². The van der Waals surface area contributed by atoms with Crippen molar-refractivity contribution in [3.63, 3.8) is 0 Å². The number of aromatic nitrogens is 2. The standard InChI is InChI=1S/C12H18N4/c13-6-2-1-3-8-16-9-7-14-12(16)10-15-11-4-5-11/h7,9,11,15H,1-5,8,10H2. The van der Waals surface area contributed by atoms with Gasteiger partial charge in [-0.1, -0.05) is 0 Å². The molecule has 1 fully saturated rings. The van der Waals surface area contributed by atoms with E-state index in [9.17, 15) is 0 Å². The zero-order valence-electron chi connectivity index (χ0n) is 9.52. The van der Waals surface area contributed by atoms with Crippen molar-refractivity contribution in [1.29, 1.82) is 5.26 Å². The predicted octanol–water partition coefficient (Wildman–Crippen LogP) is 1.83. The normalized spacial score (nSPS) is 14.9. The fourth-order valence-electron chi connectivity index (χ4n) is 1.72. The number of hydrogen-bond donors (Lipinski definition) is 1. The molecule has 0 atom stereocenters. The zero-order chi connectivity index (χ0) is 11.2. The van der Waals surface area contributed by atoms with Gasteiger partial charge in [-0.25, -0.2) is 4.98 Å². The van der Waals surface area contributed by atoms with E-state index >= 15 is 0 Å². The molecule has 86 valence electrons. The molecule has 1 heterocycles. The monoisotopic (exact) mass is 218 g/mol. The Morgan fingerprint density at radius 2 is 2.38 bits per heavy atom. The van der Waals surface area contributed by atoms with Gasteiger partial charge in [-0.2, -0.15) is 5.26 Å². The highest BCUT2D eigenvalue weighted by molar-refractivity contribution is 4.94. The van der Waals surface area contributed by atoms with Gasteiger partial charge in [0, 0.05) is 31.4 Å². The summed E-state index contributed by atoms with van der Waals surface area (Å²) in [6.45, 7) is 1.85. The van der Waals surface area contributed by atoms with E-state index in [-0.39, 0.29) is 0 Å². The Balaban J connectivity index is 1.74. The number of nitrogens with one attached hydrogen (secondary N) is 1. The fraction of sp³-hybridized carbons (Fsp3) is 0.667. The van der Waals surface area contributed by atoms with Gasteiger partial charge < -0.3 is 9.88 Å². The van der Waals surface area contributed by atoms with Crippen LogP contribution in [0.5, 0.6) is 0 Å². The van der Waals surface area contributed by atoms with E-state index in [0.717, 1.165) is 37.8 Å².